The van der Waals surface area contributed by atoms with Gasteiger partial charge in [-0.25, -0.2) is 8.42 Å². The number of rotatable bonds is 6. The number of nitrogen functional groups attached to an aromatic ring is 1. The first kappa shape index (κ1) is 13.7. The third-order valence-corrected chi connectivity index (χ3v) is 4.90. The van der Waals surface area contributed by atoms with Gasteiger partial charge in [0.25, 0.3) is 0 Å². The van der Waals surface area contributed by atoms with Gasteiger partial charge in [0.1, 0.15) is 4.90 Å². The van der Waals surface area contributed by atoms with Crippen LogP contribution in [0.1, 0.15) is 19.3 Å². The average Bonchev–Trinajstić information content (AvgIpc) is 3.23. The lowest BCUT2D eigenvalue weighted by Gasteiger charge is -2.21. The summed E-state index contributed by atoms with van der Waals surface area (Å²) in [6.45, 7) is 0.197. The Morgan fingerprint density at radius 1 is 1.58 bits per heavy atom. The predicted octanol–water partition coefficient (Wildman–Crippen LogP) is 0.434. The largest absolute Gasteiger partial charge is 0.323 e. The molecular formula is C11H15N5O2S. The molecule has 1 saturated carbocycles. The molecule has 2 rings (SSSR count). The Balaban J connectivity index is 2.36. The van der Waals surface area contributed by atoms with Crippen molar-refractivity contribution in [2.24, 2.45) is 5.84 Å². The Morgan fingerprint density at radius 3 is 2.89 bits per heavy atom. The van der Waals surface area contributed by atoms with Gasteiger partial charge in [-0.05, 0) is 18.9 Å². The van der Waals surface area contributed by atoms with Gasteiger partial charge in [0, 0.05) is 31.4 Å². The van der Waals surface area contributed by atoms with Crippen LogP contribution in [-0.4, -0.2) is 30.3 Å². The highest BCUT2D eigenvalue weighted by atomic mass is 32.2. The van der Waals surface area contributed by atoms with Crippen molar-refractivity contribution in [1.82, 2.24) is 9.29 Å². The minimum Gasteiger partial charge on any atom is -0.323 e. The third-order valence-electron chi connectivity index (χ3n) is 2.92. The molecule has 0 bridgehead atoms. The van der Waals surface area contributed by atoms with E-state index in [1.807, 2.05) is 6.07 Å². The maximum Gasteiger partial charge on any atom is 0.247 e. The van der Waals surface area contributed by atoms with E-state index in [9.17, 15) is 8.42 Å². The zero-order chi connectivity index (χ0) is 13.9. The highest BCUT2D eigenvalue weighted by molar-refractivity contribution is 7.89. The first-order valence-corrected chi connectivity index (χ1v) is 7.34. The molecule has 19 heavy (non-hydrogen) atoms. The summed E-state index contributed by atoms with van der Waals surface area (Å²) < 4.78 is 26.5. The number of sulfonamides is 1. The maximum atomic E-state index is 12.6. The summed E-state index contributed by atoms with van der Waals surface area (Å²) in [5, 5.41) is 8.64. The Kier molecular flexibility index (Phi) is 3.99. The van der Waals surface area contributed by atoms with Crippen LogP contribution in [0.4, 0.5) is 5.69 Å². The van der Waals surface area contributed by atoms with Crippen LogP contribution < -0.4 is 11.3 Å². The number of pyridine rings is 1. The molecule has 7 nitrogen and oxygen atoms in total. The van der Waals surface area contributed by atoms with Crippen LogP contribution in [0.15, 0.2) is 23.4 Å². The van der Waals surface area contributed by atoms with E-state index in [0.29, 0.717) is 5.69 Å². The van der Waals surface area contributed by atoms with Crippen LogP contribution in [-0.2, 0) is 10.0 Å². The number of aromatic nitrogens is 1. The van der Waals surface area contributed by atoms with Crippen molar-refractivity contribution in [3.63, 3.8) is 0 Å². The maximum absolute atomic E-state index is 12.6. The quantitative estimate of drug-likeness (QED) is 0.577. The molecule has 0 radical (unpaired) electrons. The van der Waals surface area contributed by atoms with Gasteiger partial charge in [-0.2, -0.15) is 9.57 Å². The fraction of sp³-hybridized carbons (Fsp3) is 0.455. The summed E-state index contributed by atoms with van der Waals surface area (Å²) in [5.74, 6) is 5.33. The van der Waals surface area contributed by atoms with E-state index in [0.717, 1.165) is 12.8 Å². The van der Waals surface area contributed by atoms with E-state index >= 15 is 0 Å². The van der Waals surface area contributed by atoms with Gasteiger partial charge in [-0.15, -0.1) is 0 Å². The molecule has 1 aromatic rings. The number of anilines is 1. The molecule has 0 atom stereocenters. The molecule has 3 N–H and O–H groups in total. The molecule has 1 fully saturated rings. The van der Waals surface area contributed by atoms with Crippen LogP contribution in [0, 0.1) is 11.3 Å². The molecule has 0 saturated heterocycles. The number of hydrazine groups is 1. The second-order valence-electron chi connectivity index (χ2n) is 4.27. The number of nitrogens with one attached hydrogen (secondary N) is 1. The van der Waals surface area contributed by atoms with Crippen LogP contribution >= 0.6 is 0 Å². The highest BCUT2D eigenvalue weighted by Gasteiger charge is 2.38. The van der Waals surface area contributed by atoms with E-state index in [1.54, 1.807) is 0 Å². The van der Waals surface area contributed by atoms with E-state index in [1.165, 1.54) is 22.8 Å². The molecule has 1 heterocycles. The Hall–Kier alpha value is -1.69. The molecule has 0 aromatic carbocycles. The highest BCUT2D eigenvalue weighted by Crippen LogP contribution is 2.33. The van der Waals surface area contributed by atoms with Crippen LogP contribution in [0.5, 0.6) is 0 Å². The molecular weight excluding hydrogens is 266 g/mol. The van der Waals surface area contributed by atoms with Crippen molar-refractivity contribution >= 4 is 15.7 Å². The van der Waals surface area contributed by atoms with Crippen molar-refractivity contribution in [2.45, 2.75) is 30.2 Å². The lowest BCUT2D eigenvalue weighted by Crippen LogP contribution is -2.34. The Morgan fingerprint density at radius 2 is 2.32 bits per heavy atom. The summed E-state index contributed by atoms with van der Waals surface area (Å²) in [7, 11) is -3.68. The zero-order valence-electron chi connectivity index (χ0n) is 10.3. The van der Waals surface area contributed by atoms with Crippen LogP contribution in [0.2, 0.25) is 0 Å². The summed E-state index contributed by atoms with van der Waals surface area (Å²) in [6.07, 6.45) is 4.56. The average molecular weight is 281 g/mol. The zero-order valence-corrected chi connectivity index (χ0v) is 11.1. The smallest absolute Gasteiger partial charge is 0.247 e. The summed E-state index contributed by atoms with van der Waals surface area (Å²) in [5.41, 5.74) is 2.66. The minimum absolute atomic E-state index is 0.0100. The molecule has 0 spiro atoms. The van der Waals surface area contributed by atoms with Crippen molar-refractivity contribution in [2.75, 3.05) is 12.0 Å². The first-order valence-electron chi connectivity index (χ1n) is 5.90. The summed E-state index contributed by atoms with van der Waals surface area (Å²) >= 11 is 0. The van der Waals surface area contributed by atoms with Crippen molar-refractivity contribution in [3.8, 4) is 6.07 Å². The molecule has 0 amide bonds. The first-order chi connectivity index (χ1) is 9.11. The second-order valence-corrected chi connectivity index (χ2v) is 6.13. The minimum atomic E-state index is -3.68. The second kappa shape index (κ2) is 5.52. The van der Waals surface area contributed by atoms with Gasteiger partial charge in [-0.3, -0.25) is 10.8 Å². The normalized spacial score (nSPS) is 15.2. The number of nitriles is 1. The molecule has 8 heteroatoms. The van der Waals surface area contributed by atoms with E-state index in [4.69, 9.17) is 11.1 Å². The van der Waals surface area contributed by atoms with Crippen molar-refractivity contribution in [3.05, 3.63) is 18.5 Å². The van der Waals surface area contributed by atoms with Crippen molar-refractivity contribution < 1.29 is 8.42 Å². The Labute approximate surface area is 112 Å². The summed E-state index contributed by atoms with van der Waals surface area (Å²) in [6, 6.07) is 3.46. The lowest BCUT2D eigenvalue weighted by molar-refractivity contribution is 0.411. The molecule has 1 aromatic heterocycles. The number of nitrogens with two attached hydrogens (primary N) is 1. The third kappa shape index (κ3) is 2.84. The summed E-state index contributed by atoms with van der Waals surface area (Å²) in [4.78, 5) is 3.88. The number of nitrogens with zero attached hydrogens (tertiary/aromatic N) is 3. The fourth-order valence-corrected chi connectivity index (χ4v) is 3.64. The SMILES string of the molecule is N#CCCN(C1CC1)S(=O)(=O)c1cnccc1NN. The monoisotopic (exact) mass is 281 g/mol. The van der Waals surface area contributed by atoms with Gasteiger partial charge >= 0.3 is 0 Å². The predicted molar refractivity (Wildman–Crippen MR) is 69.2 cm³/mol. The topological polar surface area (TPSA) is 112 Å². The molecule has 0 aliphatic heterocycles. The lowest BCUT2D eigenvalue weighted by atomic mass is 10.4. The van der Waals surface area contributed by atoms with Crippen LogP contribution in [0.3, 0.4) is 0 Å². The van der Waals surface area contributed by atoms with Gasteiger partial charge in [0.2, 0.25) is 10.0 Å². The number of hydrogen-bond acceptors (Lipinski definition) is 6. The van der Waals surface area contributed by atoms with E-state index < -0.39 is 10.0 Å². The van der Waals surface area contributed by atoms with Crippen LogP contribution in [0.25, 0.3) is 0 Å². The van der Waals surface area contributed by atoms with Gasteiger partial charge in [-0.1, -0.05) is 0 Å². The van der Waals surface area contributed by atoms with E-state index in [2.05, 4.69) is 10.4 Å². The van der Waals surface area contributed by atoms with Gasteiger partial charge in [0.15, 0.2) is 0 Å². The molecule has 0 unspecified atom stereocenters. The number of hydrogen-bond donors (Lipinski definition) is 2. The molecule has 1 aliphatic rings. The standard InChI is InChI=1S/C11H15N5O2S/c12-5-1-7-16(9-2-3-9)19(17,18)11-8-14-6-4-10(11)15-13/h4,6,8-9H,1-3,7,13H2,(H,14,15). The van der Waals surface area contributed by atoms with Gasteiger partial charge in [0.05, 0.1) is 11.8 Å². The fourth-order valence-electron chi connectivity index (χ4n) is 1.85. The molecule has 1 aliphatic carbocycles. The van der Waals surface area contributed by atoms with Crippen molar-refractivity contribution in [1.29, 1.82) is 5.26 Å². The van der Waals surface area contributed by atoms with E-state index in [-0.39, 0.29) is 23.9 Å². The molecule has 102 valence electrons. The van der Waals surface area contributed by atoms with Gasteiger partial charge < -0.3 is 5.43 Å². The Bertz CT molecular complexity index is 591.